The van der Waals surface area contributed by atoms with Gasteiger partial charge < -0.3 is 9.84 Å². The van der Waals surface area contributed by atoms with Crippen molar-refractivity contribution in [3.8, 4) is 5.75 Å². The van der Waals surface area contributed by atoms with Gasteiger partial charge in [0, 0.05) is 6.61 Å². The predicted molar refractivity (Wildman–Crippen MR) is 48.7 cm³/mol. The highest BCUT2D eigenvalue weighted by Gasteiger charge is 2.00. The van der Waals surface area contributed by atoms with Crippen molar-refractivity contribution >= 4 is 0 Å². The Kier molecular flexibility index (Phi) is 4.26. The highest BCUT2D eigenvalue weighted by molar-refractivity contribution is 5.33. The van der Waals surface area contributed by atoms with E-state index in [9.17, 15) is 4.39 Å². The van der Waals surface area contributed by atoms with E-state index >= 15 is 0 Å². The number of halogens is 1. The van der Waals surface area contributed by atoms with Crippen LogP contribution in [0.3, 0.4) is 0 Å². The molecule has 0 aliphatic carbocycles. The Morgan fingerprint density at radius 2 is 2.08 bits per heavy atom. The zero-order chi connectivity index (χ0) is 9.52. The van der Waals surface area contributed by atoms with Gasteiger partial charge in [0.2, 0.25) is 0 Å². The minimum Gasteiger partial charge on any atom is -0.491 e. The van der Waals surface area contributed by atoms with Gasteiger partial charge in [0.25, 0.3) is 0 Å². The quantitative estimate of drug-likeness (QED) is 0.752. The van der Waals surface area contributed by atoms with E-state index in [-0.39, 0.29) is 13.2 Å². The van der Waals surface area contributed by atoms with Crippen LogP contribution in [0.25, 0.3) is 0 Å². The fraction of sp³-hybridized carbons (Fsp3) is 0.400. The number of hydrogen-bond acceptors (Lipinski definition) is 2. The summed E-state index contributed by atoms with van der Waals surface area (Å²) in [5, 5.41) is 8.74. The lowest BCUT2D eigenvalue weighted by atomic mass is 10.1. The van der Waals surface area contributed by atoms with E-state index in [1.807, 2.05) is 18.2 Å². The summed E-state index contributed by atoms with van der Waals surface area (Å²) in [5.74, 6) is 0.661. The molecule has 13 heavy (non-hydrogen) atoms. The second-order valence-electron chi connectivity index (χ2n) is 2.62. The SMILES string of the molecule is OCCc1ccccc1OCCF. The summed E-state index contributed by atoms with van der Waals surface area (Å²) >= 11 is 0. The van der Waals surface area contributed by atoms with Crippen LogP contribution in [0.1, 0.15) is 5.56 Å². The van der Waals surface area contributed by atoms with Gasteiger partial charge in [-0.1, -0.05) is 18.2 Å². The Balaban J connectivity index is 2.66. The molecule has 0 heterocycles. The molecule has 72 valence electrons. The second kappa shape index (κ2) is 5.54. The van der Waals surface area contributed by atoms with E-state index in [2.05, 4.69) is 0 Å². The number of ether oxygens (including phenoxy) is 1. The zero-order valence-electron chi connectivity index (χ0n) is 7.37. The largest absolute Gasteiger partial charge is 0.491 e. The maximum Gasteiger partial charge on any atom is 0.123 e. The van der Waals surface area contributed by atoms with Crippen LogP contribution in [-0.2, 0) is 6.42 Å². The van der Waals surface area contributed by atoms with Gasteiger partial charge in [-0.2, -0.15) is 0 Å². The van der Waals surface area contributed by atoms with E-state index in [4.69, 9.17) is 9.84 Å². The van der Waals surface area contributed by atoms with Crippen LogP contribution in [0.4, 0.5) is 4.39 Å². The van der Waals surface area contributed by atoms with Crippen LogP contribution in [0.2, 0.25) is 0 Å². The highest BCUT2D eigenvalue weighted by atomic mass is 19.1. The molecule has 0 spiro atoms. The molecule has 1 rings (SSSR count). The van der Waals surface area contributed by atoms with E-state index in [0.717, 1.165) is 5.56 Å². The van der Waals surface area contributed by atoms with Crippen molar-refractivity contribution in [3.05, 3.63) is 29.8 Å². The molecule has 0 aliphatic heterocycles. The van der Waals surface area contributed by atoms with Gasteiger partial charge in [-0.25, -0.2) is 4.39 Å². The van der Waals surface area contributed by atoms with E-state index in [1.165, 1.54) is 0 Å². The average molecular weight is 184 g/mol. The number of benzene rings is 1. The fourth-order valence-corrected chi connectivity index (χ4v) is 1.12. The summed E-state index contributed by atoms with van der Waals surface area (Å²) in [6.07, 6.45) is 0.544. The molecule has 0 saturated heterocycles. The minimum atomic E-state index is -0.493. The van der Waals surface area contributed by atoms with Crippen molar-refractivity contribution in [2.75, 3.05) is 19.9 Å². The monoisotopic (exact) mass is 184 g/mol. The molecule has 0 atom stereocenters. The number of aliphatic hydroxyl groups excluding tert-OH is 1. The van der Waals surface area contributed by atoms with Crippen LogP contribution in [0, 0.1) is 0 Å². The highest BCUT2D eigenvalue weighted by Crippen LogP contribution is 2.17. The molecule has 0 saturated carbocycles. The molecule has 0 unspecified atom stereocenters. The Morgan fingerprint density at radius 3 is 2.77 bits per heavy atom. The lowest BCUT2D eigenvalue weighted by molar-refractivity contribution is 0.265. The summed E-state index contributed by atoms with van der Waals surface area (Å²) in [6, 6.07) is 7.34. The normalized spacial score (nSPS) is 10.0. The first-order valence-corrected chi connectivity index (χ1v) is 4.26. The first-order chi connectivity index (χ1) is 6.38. The van der Waals surface area contributed by atoms with Crippen molar-refractivity contribution in [2.24, 2.45) is 0 Å². The summed E-state index contributed by atoms with van der Waals surface area (Å²) in [6.45, 7) is -0.341. The molecule has 2 nitrogen and oxygen atoms in total. The molecule has 3 heteroatoms. The van der Waals surface area contributed by atoms with Gasteiger partial charge in [-0.05, 0) is 18.1 Å². The topological polar surface area (TPSA) is 29.5 Å². The summed E-state index contributed by atoms with van der Waals surface area (Å²) < 4.78 is 17.0. The molecule has 1 aromatic rings. The van der Waals surface area contributed by atoms with Crippen molar-refractivity contribution in [1.29, 1.82) is 0 Å². The third-order valence-electron chi connectivity index (χ3n) is 1.69. The molecular formula is C10H13FO2. The number of rotatable bonds is 5. The third kappa shape index (κ3) is 3.03. The van der Waals surface area contributed by atoms with E-state index in [0.29, 0.717) is 12.2 Å². The lowest BCUT2D eigenvalue weighted by Crippen LogP contribution is -2.02. The molecule has 0 aliphatic rings. The van der Waals surface area contributed by atoms with Crippen LogP contribution < -0.4 is 4.74 Å². The van der Waals surface area contributed by atoms with Gasteiger partial charge in [-0.3, -0.25) is 0 Å². The molecule has 0 amide bonds. The molecular weight excluding hydrogens is 171 g/mol. The van der Waals surface area contributed by atoms with Gasteiger partial charge in [0.1, 0.15) is 19.0 Å². The molecule has 0 fully saturated rings. The fourth-order valence-electron chi connectivity index (χ4n) is 1.12. The molecule has 1 N–H and O–H groups in total. The van der Waals surface area contributed by atoms with Gasteiger partial charge in [0.05, 0.1) is 0 Å². The molecule has 0 bridgehead atoms. The lowest BCUT2D eigenvalue weighted by Gasteiger charge is -2.08. The minimum absolute atomic E-state index is 0.0719. The number of aliphatic hydroxyl groups is 1. The van der Waals surface area contributed by atoms with Crippen molar-refractivity contribution in [3.63, 3.8) is 0 Å². The van der Waals surface area contributed by atoms with Crippen LogP contribution in [-0.4, -0.2) is 25.0 Å². The molecule has 0 aromatic heterocycles. The predicted octanol–water partition coefficient (Wildman–Crippen LogP) is 1.57. The number of hydrogen-bond donors (Lipinski definition) is 1. The van der Waals surface area contributed by atoms with E-state index < -0.39 is 6.67 Å². The Hall–Kier alpha value is -1.09. The van der Waals surface area contributed by atoms with Gasteiger partial charge in [-0.15, -0.1) is 0 Å². The van der Waals surface area contributed by atoms with Gasteiger partial charge >= 0.3 is 0 Å². The summed E-state index contributed by atoms with van der Waals surface area (Å²) in [5.41, 5.74) is 0.915. The van der Waals surface area contributed by atoms with Crippen molar-refractivity contribution < 1.29 is 14.2 Å². The van der Waals surface area contributed by atoms with Crippen LogP contribution in [0.15, 0.2) is 24.3 Å². The Morgan fingerprint density at radius 1 is 1.31 bits per heavy atom. The smallest absolute Gasteiger partial charge is 0.123 e. The first-order valence-electron chi connectivity index (χ1n) is 4.26. The van der Waals surface area contributed by atoms with Crippen molar-refractivity contribution in [2.45, 2.75) is 6.42 Å². The summed E-state index contributed by atoms with van der Waals surface area (Å²) in [4.78, 5) is 0. The standard InChI is InChI=1S/C10H13FO2/c11-6-8-13-10-4-2-1-3-9(10)5-7-12/h1-4,12H,5-8H2. The zero-order valence-corrected chi connectivity index (χ0v) is 7.37. The van der Waals surface area contributed by atoms with E-state index in [1.54, 1.807) is 6.07 Å². The first kappa shape index (κ1) is 9.99. The maximum atomic E-state index is 11.8. The number of alkyl halides is 1. The number of para-hydroxylation sites is 1. The summed E-state index contributed by atoms with van der Waals surface area (Å²) in [7, 11) is 0. The Bertz CT molecular complexity index is 250. The van der Waals surface area contributed by atoms with Gasteiger partial charge in [0.15, 0.2) is 0 Å². The van der Waals surface area contributed by atoms with Crippen LogP contribution in [0.5, 0.6) is 5.75 Å². The van der Waals surface area contributed by atoms with Crippen molar-refractivity contribution in [1.82, 2.24) is 0 Å². The maximum absolute atomic E-state index is 11.8. The molecule has 1 aromatic carbocycles. The average Bonchev–Trinajstić information content (AvgIpc) is 2.17. The third-order valence-corrected chi connectivity index (χ3v) is 1.69. The second-order valence-corrected chi connectivity index (χ2v) is 2.62. The Labute approximate surface area is 77.0 Å². The molecule has 0 radical (unpaired) electrons. The van der Waals surface area contributed by atoms with Crippen LogP contribution >= 0.6 is 0 Å².